The fraction of sp³-hybridized carbons (Fsp3) is 0.500. The molecule has 18 heavy (non-hydrogen) atoms. The van der Waals surface area contributed by atoms with Crippen molar-refractivity contribution >= 4 is 10.2 Å². The van der Waals surface area contributed by atoms with E-state index in [1.54, 1.807) is 12.1 Å². The van der Waals surface area contributed by atoms with Crippen LogP contribution in [0, 0.1) is 0 Å². The quantitative estimate of drug-likeness (QED) is 0.823. The zero-order valence-corrected chi connectivity index (χ0v) is 11.0. The molecule has 0 aliphatic carbocycles. The van der Waals surface area contributed by atoms with Gasteiger partial charge in [-0.25, -0.2) is 0 Å². The fourth-order valence-corrected chi connectivity index (χ4v) is 3.23. The molecule has 0 unspecified atom stereocenters. The Kier molecular flexibility index (Phi) is 4.34. The second kappa shape index (κ2) is 5.79. The largest absolute Gasteiger partial charge is 0.392 e. The molecule has 5 nitrogen and oxygen atoms in total. The van der Waals surface area contributed by atoms with Crippen LogP contribution in [-0.2, 0) is 23.4 Å². The van der Waals surface area contributed by atoms with Gasteiger partial charge in [0.05, 0.1) is 6.61 Å². The van der Waals surface area contributed by atoms with Crippen LogP contribution < -0.4 is 4.72 Å². The molecule has 1 aromatic carbocycles. The predicted octanol–water partition coefficient (Wildman–Crippen LogP) is 0.609. The maximum atomic E-state index is 11.9. The van der Waals surface area contributed by atoms with Crippen LogP contribution in [-0.4, -0.2) is 30.9 Å². The van der Waals surface area contributed by atoms with Gasteiger partial charge in [-0.2, -0.15) is 17.4 Å². The average Bonchev–Trinajstić information content (AvgIpc) is 2.92. The summed E-state index contributed by atoms with van der Waals surface area (Å²) in [7, 11) is -3.34. The molecule has 100 valence electrons. The lowest BCUT2D eigenvalue weighted by atomic mass is 10.1. The van der Waals surface area contributed by atoms with Crippen molar-refractivity contribution in [2.24, 2.45) is 0 Å². The van der Waals surface area contributed by atoms with Gasteiger partial charge in [0.2, 0.25) is 0 Å². The molecule has 0 amide bonds. The van der Waals surface area contributed by atoms with Gasteiger partial charge < -0.3 is 5.11 Å². The molecule has 1 aromatic rings. The van der Waals surface area contributed by atoms with Gasteiger partial charge >= 0.3 is 0 Å². The topological polar surface area (TPSA) is 69.6 Å². The Morgan fingerprint density at radius 2 is 1.67 bits per heavy atom. The lowest BCUT2D eigenvalue weighted by molar-refractivity contribution is 0.282. The van der Waals surface area contributed by atoms with E-state index in [-0.39, 0.29) is 13.2 Å². The van der Waals surface area contributed by atoms with Crippen LogP contribution in [0.2, 0.25) is 0 Å². The van der Waals surface area contributed by atoms with Gasteiger partial charge in [0.15, 0.2) is 0 Å². The lowest BCUT2D eigenvalue weighted by Gasteiger charge is -2.16. The average molecular weight is 270 g/mol. The minimum absolute atomic E-state index is 0.000213. The van der Waals surface area contributed by atoms with Crippen molar-refractivity contribution in [2.45, 2.75) is 26.0 Å². The van der Waals surface area contributed by atoms with Crippen LogP contribution in [0.15, 0.2) is 24.3 Å². The van der Waals surface area contributed by atoms with Crippen molar-refractivity contribution in [3.8, 4) is 0 Å². The second-order valence-electron chi connectivity index (χ2n) is 4.41. The summed E-state index contributed by atoms with van der Waals surface area (Å²) in [5.41, 5.74) is 1.70. The van der Waals surface area contributed by atoms with E-state index in [4.69, 9.17) is 5.11 Å². The highest BCUT2D eigenvalue weighted by Crippen LogP contribution is 2.12. The first-order valence-electron chi connectivity index (χ1n) is 6.05. The SMILES string of the molecule is O=S(=O)(NCc1ccc(CO)cc1)N1CCCC1. The van der Waals surface area contributed by atoms with Gasteiger partial charge in [0, 0.05) is 19.6 Å². The van der Waals surface area contributed by atoms with Crippen molar-refractivity contribution < 1.29 is 13.5 Å². The first-order chi connectivity index (χ1) is 8.62. The van der Waals surface area contributed by atoms with Gasteiger partial charge in [0.25, 0.3) is 10.2 Å². The predicted molar refractivity (Wildman–Crippen MR) is 68.9 cm³/mol. The maximum absolute atomic E-state index is 11.9. The number of benzene rings is 1. The molecule has 2 rings (SSSR count). The molecular weight excluding hydrogens is 252 g/mol. The molecule has 1 fully saturated rings. The van der Waals surface area contributed by atoms with Crippen LogP contribution in [0.1, 0.15) is 24.0 Å². The Labute approximate surface area is 108 Å². The van der Waals surface area contributed by atoms with E-state index in [0.29, 0.717) is 13.1 Å². The summed E-state index contributed by atoms with van der Waals surface area (Å²) >= 11 is 0. The third-order valence-corrected chi connectivity index (χ3v) is 4.62. The van der Waals surface area contributed by atoms with E-state index in [9.17, 15) is 8.42 Å². The molecule has 0 radical (unpaired) electrons. The van der Waals surface area contributed by atoms with Crippen LogP contribution in [0.3, 0.4) is 0 Å². The van der Waals surface area contributed by atoms with E-state index in [2.05, 4.69) is 4.72 Å². The van der Waals surface area contributed by atoms with Gasteiger partial charge in [-0.3, -0.25) is 0 Å². The second-order valence-corrected chi connectivity index (χ2v) is 6.16. The van der Waals surface area contributed by atoms with Gasteiger partial charge in [-0.15, -0.1) is 0 Å². The Bertz CT molecular complexity index is 479. The third kappa shape index (κ3) is 3.29. The van der Waals surface area contributed by atoms with Crippen LogP contribution in [0.25, 0.3) is 0 Å². The molecule has 0 bridgehead atoms. The molecule has 2 N–H and O–H groups in total. The zero-order chi connectivity index (χ0) is 13.0. The monoisotopic (exact) mass is 270 g/mol. The number of rotatable bonds is 5. The van der Waals surface area contributed by atoms with E-state index >= 15 is 0 Å². The summed E-state index contributed by atoms with van der Waals surface area (Å²) in [4.78, 5) is 0. The Balaban J connectivity index is 1.93. The minimum Gasteiger partial charge on any atom is -0.392 e. The minimum atomic E-state index is -3.34. The Morgan fingerprint density at radius 1 is 1.11 bits per heavy atom. The number of aliphatic hydroxyl groups is 1. The lowest BCUT2D eigenvalue weighted by Crippen LogP contribution is -2.38. The zero-order valence-electron chi connectivity index (χ0n) is 10.2. The first-order valence-corrected chi connectivity index (χ1v) is 7.49. The van der Waals surface area contributed by atoms with Gasteiger partial charge in [0.1, 0.15) is 0 Å². The van der Waals surface area contributed by atoms with Gasteiger partial charge in [-0.05, 0) is 24.0 Å². The molecule has 1 aliphatic rings. The summed E-state index contributed by atoms with van der Waals surface area (Å²) in [6, 6.07) is 7.22. The van der Waals surface area contributed by atoms with Crippen molar-refractivity contribution in [3.63, 3.8) is 0 Å². The van der Waals surface area contributed by atoms with E-state index in [0.717, 1.165) is 24.0 Å². The van der Waals surface area contributed by atoms with Crippen molar-refractivity contribution in [3.05, 3.63) is 35.4 Å². The van der Waals surface area contributed by atoms with E-state index in [1.807, 2.05) is 12.1 Å². The molecule has 0 saturated carbocycles. The molecule has 1 aliphatic heterocycles. The fourth-order valence-electron chi connectivity index (χ4n) is 1.96. The molecule has 0 spiro atoms. The van der Waals surface area contributed by atoms with Crippen LogP contribution in [0.4, 0.5) is 0 Å². The summed E-state index contributed by atoms with van der Waals surface area (Å²) in [5.74, 6) is 0. The highest BCUT2D eigenvalue weighted by molar-refractivity contribution is 7.87. The number of nitrogens with zero attached hydrogens (tertiary/aromatic N) is 1. The van der Waals surface area contributed by atoms with Crippen LogP contribution >= 0.6 is 0 Å². The molecule has 1 heterocycles. The molecular formula is C12H18N2O3S. The maximum Gasteiger partial charge on any atom is 0.279 e. The summed E-state index contributed by atoms with van der Waals surface area (Å²) < 4.78 is 27.9. The molecule has 6 heteroatoms. The van der Waals surface area contributed by atoms with Crippen molar-refractivity contribution in [1.82, 2.24) is 9.03 Å². The first kappa shape index (κ1) is 13.5. The van der Waals surface area contributed by atoms with Crippen molar-refractivity contribution in [2.75, 3.05) is 13.1 Å². The van der Waals surface area contributed by atoms with E-state index < -0.39 is 10.2 Å². The highest BCUT2D eigenvalue weighted by Gasteiger charge is 2.24. The number of hydrogen-bond acceptors (Lipinski definition) is 3. The molecule has 1 saturated heterocycles. The number of aliphatic hydroxyl groups excluding tert-OH is 1. The molecule has 0 atom stereocenters. The number of nitrogens with one attached hydrogen (secondary N) is 1. The molecule has 0 aromatic heterocycles. The van der Waals surface area contributed by atoms with Crippen LogP contribution in [0.5, 0.6) is 0 Å². The Hall–Kier alpha value is -0.950. The normalized spacial score (nSPS) is 17.2. The highest BCUT2D eigenvalue weighted by atomic mass is 32.2. The summed E-state index contributed by atoms with van der Waals surface area (Å²) in [6.45, 7) is 1.50. The van der Waals surface area contributed by atoms with E-state index in [1.165, 1.54) is 4.31 Å². The smallest absolute Gasteiger partial charge is 0.279 e. The third-order valence-electron chi connectivity index (χ3n) is 3.07. The number of hydrogen-bond donors (Lipinski definition) is 2. The summed E-state index contributed by atoms with van der Waals surface area (Å²) in [6.07, 6.45) is 1.87. The van der Waals surface area contributed by atoms with Gasteiger partial charge in [-0.1, -0.05) is 24.3 Å². The standard InChI is InChI=1S/C12H18N2O3S/c15-10-12-5-3-11(4-6-12)9-13-18(16,17)14-7-1-2-8-14/h3-6,13,15H,1-2,7-10H2. The van der Waals surface area contributed by atoms with Crippen molar-refractivity contribution in [1.29, 1.82) is 0 Å². The summed E-state index contributed by atoms with van der Waals surface area (Å²) in [5, 5.41) is 8.91. The Morgan fingerprint density at radius 3 is 2.22 bits per heavy atom.